The topological polar surface area (TPSA) is 87.7 Å². The van der Waals surface area contributed by atoms with E-state index in [9.17, 15) is 14.4 Å². The minimum absolute atomic E-state index is 0.334. The molecule has 0 bridgehead atoms. The molecule has 0 aliphatic rings. The Balaban J connectivity index is 2.54. The summed E-state index contributed by atoms with van der Waals surface area (Å²) in [5.41, 5.74) is 1.85. The first-order chi connectivity index (χ1) is 16.9. The van der Waals surface area contributed by atoms with E-state index in [1.807, 2.05) is 39.0 Å². The van der Waals surface area contributed by atoms with Gasteiger partial charge in [0.1, 0.15) is 17.7 Å². The van der Waals surface area contributed by atoms with Gasteiger partial charge in [-0.05, 0) is 71.2 Å². The lowest BCUT2D eigenvalue weighted by Crippen LogP contribution is -2.54. The average molecular weight is 492 g/mol. The molecule has 192 valence electrons. The molecule has 0 heterocycles. The van der Waals surface area contributed by atoms with Gasteiger partial charge >= 0.3 is 6.09 Å². The molecule has 2 N–H and O–H groups in total. The van der Waals surface area contributed by atoms with E-state index in [-0.39, 0.29) is 6.04 Å². The first kappa shape index (κ1) is 28.4. The fourth-order valence-corrected chi connectivity index (χ4v) is 3.76. The zero-order chi connectivity index (χ0) is 27.0. The van der Waals surface area contributed by atoms with E-state index in [0.717, 1.165) is 5.56 Å². The predicted molar refractivity (Wildman–Crippen MR) is 142 cm³/mol. The Labute approximate surface area is 214 Å². The van der Waals surface area contributed by atoms with Crippen LogP contribution in [0.15, 0.2) is 48.5 Å². The number of hydrogen-bond acceptors (Lipinski definition) is 4. The quantitative estimate of drug-likeness (QED) is 0.497. The monoisotopic (exact) mass is 491 g/mol. The van der Waals surface area contributed by atoms with Gasteiger partial charge in [-0.3, -0.25) is 9.59 Å². The molecular formula is C29H37N3O4. The van der Waals surface area contributed by atoms with Crippen molar-refractivity contribution in [3.63, 3.8) is 0 Å². The van der Waals surface area contributed by atoms with Gasteiger partial charge in [0.05, 0.1) is 0 Å². The maximum absolute atomic E-state index is 13.8. The first-order valence-electron chi connectivity index (χ1n) is 12.1. The second-order valence-electron chi connectivity index (χ2n) is 9.81. The van der Waals surface area contributed by atoms with Crippen LogP contribution in [0.5, 0.6) is 0 Å². The summed E-state index contributed by atoms with van der Waals surface area (Å²) >= 11 is 0. The molecule has 2 rings (SSSR count). The molecule has 3 unspecified atom stereocenters. The highest BCUT2D eigenvalue weighted by atomic mass is 16.6. The summed E-state index contributed by atoms with van der Waals surface area (Å²) in [6, 6.07) is 12.2. The van der Waals surface area contributed by atoms with Crippen LogP contribution in [0, 0.1) is 19.3 Å². The number of benzene rings is 2. The summed E-state index contributed by atoms with van der Waals surface area (Å²) < 4.78 is 5.32. The van der Waals surface area contributed by atoms with Gasteiger partial charge in [-0.2, -0.15) is 0 Å². The number of para-hydroxylation sites is 1. The molecule has 7 nitrogen and oxygen atoms in total. The van der Waals surface area contributed by atoms with Crippen molar-refractivity contribution < 1.29 is 19.1 Å². The van der Waals surface area contributed by atoms with Crippen molar-refractivity contribution in [3.8, 4) is 12.3 Å². The van der Waals surface area contributed by atoms with E-state index >= 15 is 0 Å². The summed E-state index contributed by atoms with van der Waals surface area (Å²) in [7, 11) is 0. The Morgan fingerprint density at radius 2 is 1.67 bits per heavy atom. The third kappa shape index (κ3) is 7.35. The molecule has 0 fully saturated rings. The lowest BCUT2D eigenvalue weighted by Gasteiger charge is -2.38. The minimum Gasteiger partial charge on any atom is -0.444 e. The minimum atomic E-state index is -1.03. The highest BCUT2D eigenvalue weighted by molar-refractivity contribution is 5.99. The number of carbonyl (C=O) groups is 3. The van der Waals surface area contributed by atoms with Crippen molar-refractivity contribution in [1.82, 2.24) is 10.2 Å². The van der Waals surface area contributed by atoms with Crippen LogP contribution in [0.2, 0.25) is 0 Å². The van der Waals surface area contributed by atoms with Gasteiger partial charge in [0.2, 0.25) is 5.91 Å². The van der Waals surface area contributed by atoms with Crippen LogP contribution in [0.3, 0.4) is 0 Å². The number of anilines is 1. The van der Waals surface area contributed by atoms with Crippen LogP contribution in [0.1, 0.15) is 70.7 Å². The van der Waals surface area contributed by atoms with E-state index < -0.39 is 35.6 Å². The van der Waals surface area contributed by atoms with Gasteiger partial charge in [-0.15, -0.1) is 6.42 Å². The maximum atomic E-state index is 13.8. The van der Waals surface area contributed by atoms with Crippen molar-refractivity contribution >= 4 is 23.6 Å². The highest BCUT2D eigenvalue weighted by Crippen LogP contribution is 2.30. The van der Waals surface area contributed by atoms with E-state index in [4.69, 9.17) is 11.2 Å². The molecule has 0 saturated heterocycles. The standard InChI is InChI=1S/C29H37N3O4/c1-9-20(4)32(27(34)21(5)30-28(35)36-29(6,7)8)25(23-17-13-12-16-22(23)10-2)26(33)31-24-18-14-11-15-19(24)3/h2,11-18,20-21,25H,9H2,1,3-8H3,(H,30,35)(H,31,33). The fourth-order valence-electron chi connectivity index (χ4n) is 3.76. The van der Waals surface area contributed by atoms with Crippen LogP contribution in [-0.4, -0.2) is 40.5 Å². The number of aryl methyl sites for hydroxylation is 1. The molecule has 0 radical (unpaired) electrons. The van der Waals surface area contributed by atoms with Gasteiger partial charge in [0.25, 0.3) is 5.91 Å². The number of nitrogens with one attached hydrogen (secondary N) is 2. The third-order valence-electron chi connectivity index (χ3n) is 5.76. The molecule has 0 saturated carbocycles. The number of alkyl carbamates (subject to hydrolysis) is 1. The molecule has 36 heavy (non-hydrogen) atoms. The van der Waals surface area contributed by atoms with Gasteiger partial charge < -0.3 is 20.3 Å². The van der Waals surface area contributed by atoms with E-state index in [1.165, 1.54) is 4.90 Å². The number of carbonyl (C=O) groups excluding carboxylic acids is 3. The molecule has 0 spiro atoms. The molecular weight excluding hydrogens is 454 g/mol. The molecule has 7 heteroatoms. The maximum Gasteiger partial charge on any atom is 0.408 e. The van der Waals surface area contributed by atoms with Crippen LogP contribution in [0.25, 0.3) is 0 Å². The number of rotatable bonds is 8. The molecule has 3 amide bonds. The second-order valence-corrected chi connectivity index (χ2v) is 9.81. The van der Waals surface area contributed by atoms with Crippen molar-refractivity contribution in [2.75, 3.05) is 5.32 Å². The molecule has 0 aromatic heterocycles. The number of nitrogens with zero attached hydrogens (tertiary/aromatic N) is 1. The van der Waals surface area contributed by atoms with Crippen molar-refractivity contribution in [3.05, 3.63) is 65.2 Å². The number of hydrogen-bond donors (Lipinski definition) is 2. The highest BCUT2D eigenvalue weighted by Gasteiger charge is 2.38. The zero-order valence-corrected chi connectivity index (χ0v) is 22.2. The number of terminal acetylenes is 1. The van der Waals surface area contributed by atoms with E-state index in [0.29, 0.717) is 23.2 Å². The Morgan fingerprint density at radius 3 is 2.25 bits per heavy atom. The lowest BCUT2D eigenvalue weighted by atomic mass is 9.95. The summed E-state index contributed by atoms with van der Waals surface area (Å²) in [5, 5.41) is 5.58. The van der Waals surface area contributed by atoms with Gasteiger partial charge in [-0.1, -0.05) is 49.2 Å². The molecule has 0 aliphatic heterocycles. The molecule has 2 aromatic rings. The summed E-state index contributed by atoms with van der Waals surface area (Å²) in [4.78, 5) is 41.5. The molecule has 2 aromatic carbocycles. The van der Waals surface area contributed by atoms with Crippen molar-refractivity contribution in [2.45, 2.75) is 78.6 Å². The summed E-state index contributed by atoms with van der Waals surface area (Å²) in [6.07, 6.45) is 5.65. The first-order valence-corrected chi connectivity index (χ1v) is 12.1. The molecule has 3 atom stereocenters. The number of amides is 3. The Kier molecular flexibility index (Phi) is 9.68. The van der Waals surface area contributed by atoms with Crippen LogP contribution in [0.4, 0.5) is 10.5 Å². The summed E-state index contributed by atoms with van der Waals surface area (Å²) in [6.45, 7) is 12.5. The van der Waals surface area contributed by atoms with Crippen LogP contribution < -0.4 is 10.6 Å². The van der Waals surface area contributed by atoms with E-state index in [1.54, 1.807) is 58.0 Å². The van der Waals surface area contributed by atoms with Crippen LogP contribution in [-0.2, 0) is 14.3 Å². The normalized spacial score (nSPS) is 13.5. The van der Waals surface area contributed by atoms with Crippen molar-refractivity contribution in [2.24, 2.45) is 0 Å². The third-order valence-corrected chi connectivity index (χ3v) is 5.76. The Hall–Kier alpha value is -3.79. The smallest absolute Gasteiger partial charge is 0.408 e. The van der Waals surface area contributed by atoms with Crippen LogP contribution >= 0.6 is 0 Å². The zero-order valence-electron chi connectivity index (χ0n) is 22.2. The largest absolute Gasteiger partial charge is 0.444 e. The lowest BCUT2D eigenvalue weighted by molar-refractivity contribution is -0.143. The Bertz CT molecular complexity index is 1130. The second kappa shape index (κ2) is 12.3. The average Bonchev–Trinajstić information content (AvgIpc) is 2.81. The fraction of sp³-hybridized carbons (Fsp3) is 0.414. The van der Waals surface area contributed by atoms with Gasteiger partial charge in [0, 0.05) is 17.3 Å². The molecule has 0 aliphatic carbocycles. The summed E-state index contributed by atoms with van der Waals surface area (Å²) in [5.74, 6) is 1.81. The predicted octanol–water partition coefficient (Wildman–Crippen LogP) is 5.20. The van der Waals surface area contributed by atoms with E-state index in [2.05, 4.69) is 16.6 Å². The van der Waals surface area contributed by atoms with Gasteiger partial charge in [0.15, 0.2) is 0 Å². The Morgan fingerprint density at radius 1 is 1.06 bits per heavy atom. The van der Waals surface area contributed by atoms with Crippen molar-refractivity contribution in [1.29, 1.82) is 0 Å². The SMILES string of the molecule is C#Cc1ccccc1C(C(=O)Nc1ccccc1C)N(C(=O)C(C)NC(=O)OC(C)(C)C)C(C)CC. The number of ether oxygens (including phenoxy) is 1. The van der Waals surface area contributed by atoms with Gasteiger partial charge in [-0.25, -0.2) is 4.79 Å².